The fourth-order valence-corrected chi connectivity index (χ4v) is 1.86. The van der Waals surface area contributed by atoms with Gasteiger partial charge in [0.2, 0.25) is 0 Å². The van der Waals surface area contributed by atoms with Gasteiger partial charge in [0.1, 0.15) is 5.82 Å². The zero-order valence-corrected chi connectivity index (χ0v) is 11.6. The Balaban J connectivity index is 2.44. The van der Waals surface area contributed by atoms with Gasteiger partial charge in [-0.3, -0.25) is 0 Å². The fraction of sp³-hybridized carbons (Fsp3) is 0.429. The third kappa shape index (κ3) is 2.84. The molecule has 0 saturated carbocycles. The quantitative estimate of drug-likeness (QED) is 0.848. The molecule has 6 heteroatoms. The van der Waals surface area contributed by atoms with Crippen LogP contribution >= 0.6 is 0 Å². The van der Waals surface area contributed by atoms with Crippen molar-refractivity contribution in [2.45, 2.75) is 39.3 Å². The van der Waals surface area contributed by atoms with E-state index in [9.17, 15) is 13.2 Å². The Morgan fingerprint density at radius 3 is 2.60 bits per heavy atom. The molecule has 0 aliphatic rings. The maximum atomic E-state index is 12.7. The highest BCUT2D eigenvalue weighted by atomic mass is 19.4. The van der Waals surface area contributed by atoms with Crippen LogP contribution in [-0.4, -0.2) is 14.8 Å². The summed E-state index contributed by atoms with van der Waals surface area (Å²) in [6.45, 7) is 5.75. The maximum Gasteiger partial charge on any atom is 0.416 e. The van der Waals surface area contributed by atoms with Crippen LogP contribution in [0.15, 0.2) is 24.3 Å². The van der Waals surface area contributed by atoms with Crippen molar-refractivity contribution in [1.82, 2.24) is 14.8 Å². The number of nitrogens with zero attached hydrogens (tertiary/aromatic N) is 3. The molecule has 0 N–H and O–H groups in total. The maximum absolute atomic E-state index is 12.7. The number of hydrogen-bond acceptors (Lipinski definition) is 2. The van der Waals surface area contributed by atoms with Gasteiger partial charge < -0.3 is 0 Å². The summed E-state index contributed by atoms with van der Waals surface area (Å²) in [5.41, 5.74) is -0.311. The molecule has 2 aromatic rings. The third-order valence-corrected chi connectivity index (χ3v) is 3.26. The number of alkyl halides is 3. The van der Waals surface area contributed by atoms with Crippen LogP contribution in [0.5, 0.6) is 0 Å². The molecule has 1 unspecified atom stereocenters. The number of hydrogen-bond donors (Lipinski definition) is 0. The van der Waals surface area contributed by atoms with E-state index in [4.69, 9.17) is 0 Å². The van der Waals surface area contributed by atoms with Crippen molar-refractivity contribution in [3.63, 3.8) is 0 Å². The molecule has 1 heterocycles. The number of halogens is 3. The van der Waals surface area contributed by atoms with Gasteiger partial charge in [-0.1, -0.05) is 19.9 Å². The SMILES string of the molecule is CCC(C)c1nc(C)n(-c2cccc(C(F)(F)F)c2)n1. The predicted molar refractivity (Wildman–Crippen MR) is 69.8 cm³/mol. The molecule has 1 atom stereocenters. The molecule has 0 amide bonds. The molecule has 0 spiro atoms. The van der Waals surface area contributed by atoms with Crippen LogP contribution in [0, 0.1) is 6.92 Å². The summed E-state index contributed by atoms with van der Waals surface area (Å²) in [4.78, 5) is 4.32. The van der Waals surface area contributed by atoms with E-state index in [1.54, 1.807) is 13.0 Å². The van der Waals surface area contributed by atoms with Gasteiger partial charge in [-0.05, 0) is 31.5 Å². The first-order valence-electron chi connectivity index (χ1n) is 6.44. The lowest BCUT2D eigenvalue weighted by Gasteiger charge is -2.09. The lowest BCUT2D eigenvalue weighted by Crippen LogP contribution is -2.07. The van der Waals surface area contributed by atoms with Crippen molar-refractivity contribution in [1.29, 1.82) is 0 Å². The minimum Gasteiger partial charge on any atom is -0.218 e. The second-order valence-corrected chi connectivity index (χ2v) is 4.79. The standard InChI is InChI=1S/C14H16F3N3/c1-4-9(2)13-18-10(3)20(19-13)12-7-5-6-11(8-12)14(15,16)17/h5-9H,4H2,1-3H3. The zero-order chi connectivity index (χ0) is 14.9. The van der Waals surface area contributed by atoms with Crippen molar-refractivity contribution < 1.29 is 13.2 Å². The van der Waals surface area contributed by atoms with Gasteiger partial charge in [-0.2, -0.15) is 18.3 Å². The van der Waals surface area contributed by atoms with Crippen LogP contribution in [0.1, 0.15) is 43.4 Å². The predicted octanol–water partition coefficient (Wildman–Crippen LogP) is 4.11. The van der Waals surface area contributed by atoms with E-state index >= 15 is 0 Å². The second kappa shape index (κ2) is 5.26. The summed E-state index contributed by atoms with van der Waals surface area (Å²) < 4.78 is 39.6. The van der Waals surface area contributed by atoms with Crippen molar-refractivity contribution in [2.24, 2.45) is 0 Å². The molecule has 0 aliphatic carbocycles. The molecule has 0 fully saturated rings. The highest BCUT2D eigenvalue weighted by Gasteiger charge is 2.30. The summed E-state index contributed by atoms with van der Waals surface area (Å²) in [6.07, 6.45) is -3.48. The van der Waals surface area contributed by atoms with E-state index in [0.717, 1.165) is 18.6 Å². The number of benzene rings is 1. The van der Waals surface area contributed by atoms with Crippen LogP contribution in [0.2, 0.25) is 0 Å². The average molecular weight is 283 g/mol. The first-order chi connectivity index (χ1) is 9.32. The average Bonchev–Trinajstić information content (AvgIpc) is 2.79. The monoisotopic (exact) mass is 283 g/mol. The third-order valence-electron chi connectivity index (χ3n) is 3.26. The minimum atomic E-state index is -4.36. The highest BCUT2D eigenvalue weighted by Crippen LogP contribution is 2.30. The zero-order valence-electron chi connectivity index (χ0n) is 11.6. The van der Waals surface area contributed by atoms with Crippen LogP contribution in [0.4, 0.5) is 13.2 Å². The Morgan fingerprint density at radius 1 is 1.30 bits per heavy atom. The molecule has 108 valence electrons. The van der Waals surface area contributed by atoms with Gasteiger partial charge in [0.15, 0.2) is 5.82 Å². The minimum absolute atomic E-state index is 0.181. The molecular weight excluding hydrogens is 267 g/mol. The second-order valence-electron chi connectivity index (χ2n) is 4.79. The van der Waals surface area contributed by atoms with Gasteiger partial charge in [-0.25, -0.2) is 9.67 Å². The molecule has 1 aromatic heterocycles. The summed E-state index contributed by atoms with van der Waals surface area (Å²) in [6, 6.07) is 5.10. The number of aryl methyl sites for hydroxylation is 1. The fourth-order valence-electron chi connectivity index (χ4n) is 1.86. The summed E-state index contributed by atoms with van der Waals surface area (Å²) in [5.74, 6) is 1.42. The molecule has 0 saturated heterocycles. The van der Waals surface area contributed by atoms with Gasteiger partial charge in [0.25, 0.3) is 0 Å². The van der Waals surface area contributed by atoms with Crippen molar-refractivity contribution in [3.05, 3.63) is 41.5 Å². The lowest BCUT2D eigenvalue weighted by atomic mass is 10.1. The molecule has 2 rings (SSSR count). The van der Waals surface area contributed by atoms with E-state index < -0.39 is 11.7 Å². The molecule has 3 nitrogen and oxygen atoms in total. The first-order valence-corrected chi connectivity index (χ1v) is 6.44. The topological polar surface area (TPSA) is 30.7 Å². The van der Waals surface area contributed by atoms with E-state index in [-0.39, 0.29) is 5.92 Å². The van der Waals surface area contributed by atoms with Crippen LogP contribution in [0.3, 0.4) is 0 Å². The number of aromatic nitrogens is 3. The highest BCUT2D eigenvalue weighted by molar-refractivity contribution is 5.37. The Hall–Kier alpha value is -1.85. The molecule has 0 aliphatic heterocycles. The number of rotatable bonds is 3. The summed E-state index contributed by atoms with van der Waals surface area (Å²) in [7, 11) is 0. The van der Waals surface area contributed by atoms with Gasteiger partial charge in [0, 0.05) is 5.92 Å². The van der Waals surface area contributed by atoms with Gasteiger partial charge >= 0.3 is 6.18 Å². The smallest absolute Gasteiger partial charge is 0.218 e. The van der Waals surface area contributed by atoms with Crippen LogP contribution in [-0.2, 0) is 6.18 Å². The van der Waals surface area contributed by atoms with Gasteiger partial charge in [0.05, 0.1) is 11.3 Å². The van der Waals surface area contributed by atoms with Crippen molar-refractivity contribution in [2.75, 3.05) is 0 Å². The van der Waals surface area contributed by atoms with E-state index in [2.05, 4.69) is 10.1 Å². The van der Waals surface area contributed by atoms with Crippen LogP contribution < -0.4 is 0 Å². The molecule has 1 aromatic carbocycles. The summed E-state index contributed by atoms with van der Waals surface area (Å²) in [5, 5.41) is 4.31. The Morgan fingerprint density at radius 2 is 2.00 bits per heavy atom. The molecule has 0 radical (unpaired) electrons. The molecular formula is C14H16F3N3. The largest absolute Gasteiger partial charge is 0.416 e. The first kappa shape index (κ1) is 14.6. The van der Waals surface area contributed by atoms with Crippen molar-refractivity contribution in [3.8, 4) is 5.69 Å². The van der Waals surface area contributed by atoms with Gasteiger partial charge in [-0.15, -0.1) is 0 Å². The Labute approximate surface area is 115 Å². The summed E-state index contributed by atoms with van der Waals surface area (Å²) >= 11 is 0. The van der Waals surface area contributed by atoms with E-state index in [1.807, 2.05) is 13.8 Å². The van der Waals surface area contributed by atoms with Crippen molar-refractivity contribution >= 4 is 0 Å². The normalized spacial score (nSPS) is 13.5. The van der Waals surface area contributed by atoms with E-state index in [1.165, 1.54) is 10.7 Å². The lowest BCUT2D eigenvalue weighted by molar-refractivity contribution is -0.137. The van der Waals surface area contributed by atoms with E-state index in [0.29, 0.717) is 17.3 Å². The van der Waals surface area contributed by atoms with Crippen LogP contribution in [0.25, 0.3) is 5.69 Å². The Bertz CT molecular complexity index is 602. The molecule has 0 bridgehead atoms. The molecule has 20 heavy (non-hydrogen) atoms. The Kier molecular flexibility index (Phi) is 3.83.